The minimum Gasteiger partial charge on any atom is -0.377 e. The maximum atomic E-state index is 14.6. The van der Waals surface area contributed by atoms with Crippen LogP contribution < -0.4 is 10.2 Å². The Bertz CT molecular complexity index is 459. The quantitative estimate of drug-likeness (QED) is 0.923. The van der Waals surface area contributed by atoms with Crippen LogP contribution >= 0.6 is 0 Å². The summed E-state index contributed by atoms with van der Waals surface area (Å²) in [6.45, 7) is 10.7. The zero-order valence-corrected chi connectivity index (χ0v) is 12.7. The summed E-state index contributed by atoms with van der Waals surface area (Å²) >= 11 is 0. The van der Waals surface area contributed by atoms with Crippen LogP contribution in [0.15, 0.2) is 12.3 Å². The molecule has 1 aliphatic heterocycles. The van der Waals surface area contributed by atoms with E-state index in [2.05, 4.69) is 31.1 Å². The maximum absolute atomic E-state index is 14.6. The molecule has 1 saturated heterocycles. The third-order valence-electron chi connectivity index (χ3n) is 3.40. The van der Waals surface area contributed by atoms with E-state index in [9.17, 15) is 4.39 Å². The Kier molecular flexibility index (Phi) is 4.60. The fourth-order valence-electron chi connectivity index (χ4n) is 2.21. The monoisotopic (exact) mass is 281 g/mol. The molecule has 1 unspecified atom stereocenters. The highest BCUT2D eigenvalue weighted by molar-refractivity contribution is 5.44. The van der Waals surface area contributed by atoms with Crippen molar-refractivity contribution in [3.63, 3.8) is 0 Å². The molecular weight excluding hydrogens is 257 g/mol. The predicted octanol–water partition coefficient (Wildman–Crippen LogP) is 2.33. The molecule has 0 spiro atoms. The Labute approximate surface area is 120 Å². The number of morpholine rings is 1. The van der Waals surface area contributed by atoms with E-state index in [1.54, 1.807) is 12.3 Å². The van der Waals surface area contributed by atoms with Crippen molar-refractivity contribution in [2.24, 2.45) is 0 Å². The fourth-order valence-corrected chi connectivity index (χ4v) is 2.21. The first-order valence-corrected chi connectivity index (χ1v) is 7.11. The summed E-state index contributed by atoms with van der Waals surface area (Å²) in [7, 11) is 0. The molecule has 4 nitrogen and oxygen atoms in total. The van der Waals surface area contributed by atoms with E-state index in [0.717, 1.165) is 0 Å². The van der Waals surface area contributed by atoms with Crippen molar-refractivity contribution in [2.75, 3.05) is 24.7 Å². The van der Waals surface area contributed by atoms with Gasteiger partial charge in [0, 0.05) is 30.4 Å². The highest BCUT2D eigenvalue weighted by atomic mass is 19.1. The molecule has 2 heterocycles. The Hall–Kier alpha value is -1.20. The molecule has 1 aliphatic rings. The molecule has 20 heavy (non-hydrogen) atoms. The standard InChI is InChI=1S/C15H24FN3O/c1-11-10-20-8-7-19(11)14-13(16)12(5-6-17-14)9-18-15(2,3)4/h5-6,11,18H,7-10H2,1-4H3. The molecule has 0 radical (unpaired) electrons. The van der Waals surface area contributed by atoms with E-state index >= 15 is 0 Å². The molecule has 5 heteroatoms. The van der Waals surface area contributed by atoms with Gasteiger partial charge in [-0.15, -0.1) is 0 Å². The molecule has 1 atom stereocenters. The minimum absolute atomic E-state index is 0.0396. The predicted molar refractivity (Wildman–Crippen MR) is 78.4 cm³/mol. The molecule has 2 rings (SSSR count). The summed E-state index contributed by atoms with van der Waals surface area (Å²) in [4.78, 5) is 6.21. The van der Waals surface area contributed by atoms with Crippen molar-refractivity contribution in [1.29, 1.82) is 0 Å². The number of anilines is 1. The van der Waals surface area contributed by atoms with Crippen molar-refractivity contribution >= 4 is 5.82 Å². The molecule has 0 aromatic carbocycles. The Morgan fingerprint density at radius 3 is 2.90 bits per heavy atom. The number of hydrogen-bond donors (Lipinski definition) is 1. The van der Waals surface area contributed by atoms with Crippen LogP contribution in [0.2, 0.25) is 0 Å². The van der Waals surface area contributed by atoms with E-state index in [4.69, 9.17) is 4.74 Å². The van der Waals surface area contributed by atoms with Crippen molar-refractivity contribution in [2.45, 2.75) is 45.8 Å². The van der Waals surface area contributed by atoms with Crippen LogP contribution in [0.25, 0.3) is 0 Å². The SMILES string of the molecule is CC1COCCN1c1nccc(CNC(C)(C)C)c1F. The van der Waals surface area contributed by atoms with Crippen LogP contribution in [0, 0.1) is 5.82 Å². The Morgan fingerprint density at radius 2 is 2.25 bits per heavy atom. The van der Waals surface area contributed by atoms with E-state index in [1.165, 1.54) is 0 Å². The molecule has 0 bridgehead atoms. The minimum atomic E-state index is -0.224. The lowest BCUT2D eigenvalue weighted by Gasteiger charge is -2.34. The van der Waals surface area contributed by atoms with Crippen molar-refractivity contribution in [3.8, 4) is 0 Å². The number of halogens is 1. The van der Waals surface area contributed by atoms with E-state index < -0.39 is 0 Å². The van der Waals surface area contributed by atoms with Crippen LogP contribution in [0.3, 0.4) is 0 Å². The molecule has 1 aromatic heterocycles. The second-order valence-electron chi connectivity index (χ2n) is 6.33. The number of pyridine rings is 1. The number of ether oxygens (including phenoxy) is 1. The third-order valence-corrected chi connectivity index (χ3v) is 3.40. The smallest absolute Gasteiger partial charge is 0.170 e. The summed E-state index contributed by atoms with van der Waals surface area (Å²) in [5.74, 6) is 0.215. The number of nitrogens with zero attached hydrogens (tertiary/aromatic N) is 2. The van der Waals surface area contributed by atoms with Crippen molar-refractivity contribution in [3.05, 3.63) is 23.6 Å². The van der Waals surface area contributed by atoms with Gasteiger partial charge in [0.1, 0.15) is 0 Å². The molecule has 1 N–H and O–H groups in total. The van der Waals surface area contributed by atoms with Gasteiger partial charge in [0.05, 0.1) is 19.3 Å². The average molecular weight is 281 g/mol. The van der Waals surface area contributed by atoms with Gasteiger partial charge in [-0.25, -0.2) is 9.37 Å². The van der Waals surface area contributed by atoms with E-state index in [0.29, 0.717) is 37.7 Å². The molecule has 0 saturated carbocycles. The van der Waals surface area contributed by atoms with Gasteiger partial charge in [-0.1, -0.05) is 0 Å². The second kappa shape index (κ2) is 6.06. The topological polar surface area (TPSA) is 37.4 Å². The summed E-state index contributed by atoms with van der Waals surface area (Å²) in [5.41, 5.74) is 0.617. The Balaban J connectivity index is 2.18. The summed E-state index contributed by atoms with van der Waals surface area (Å²) in [5, 5.41) is 3.31. The van der Waals surface area contributed by atoms with Crippen LogP contribution in [-0.4, -0.2) is 36.3 Å². The first-order valence-electron chi connectivity index (χ1n) is 7.11. The molecule has 1 aromatic rings. The normalized spacial score (nSPS) is 20.2. The average Bonchev–Trinajstić information content (AvgIpc) is 2.38. The number of rotatable bonds is 3. The molecule has 0 amide bonds. The number of hydrogen-bond acceptors (Lipinski definition) is 4. The van der Waals surface area contributed by atoms with E-state index in [1.807, 2.05) is 11.8 Å². The van der Waals surface area contributed by atoms with Crippen molar-refractivity contribution in [1.82, 2.24) is 10.3 Å². The zero-order valence-electron chi connectivity index (χ0n) is 12.7. The van der Waals surface area contributed by atoms with Crippen molar-refractivity contribution < 1.29 is 9.13 Å². The maximum Gasteiger partial charge on any atom is 0.170 e. The van der Waals surface area contributed by atoms with Gasteiger partial charge in [-0.3, -0.25) is 0 Å². The first-order chi connectivity index (χ1) is 9.38. The van der Waals surface area contributed by atoms with Gasteiger partial charge in [-0.2, -0.15) is 0 Å². The van der Waals surface area contributed by atoms with Gasteiger partial charge in [0.15, 0.2) is 11.6 Å². The third kappa shape index (κ3) is 3.67. The van der Waals surface area contributed by atoms with Crippen LogP contribution in [0.4, 0.5) is 10.2 Å². The molecule has 1 fully saturated rings. The lowest BCUT2D eigenvalue weighted by atomic mass is 10.1. The van der Waals surface area contributed by atoms with E-state index in [-0.39, 0.29) is 17.4 Å². The van der Waals surface area contributed by atoms with Gasteiger partial charge in [-0.05, 0) is 33.8 Å². The van der Waals surface area contributed by atoms with Gasteiger partial charge in [0.25, 0.3) is 0 Å². The second-order valence-corrected chi connectivity index (χ2v) is 6.33. The zero-order chi connectivity index (χ0) is 14.8. The molecular formula is C15H24FN3O. The van der Waals surface area contributed by atoms with Crippen LogP contribution in [0.1, 0.15) is 33.3 Å². The number of nitrogens with one attached hydrogen (secondary N) is 1. The summed E-state index contributed by atoms with van der Waals surface area (Å²) in [6, 6.07) is 1.89. The fraction of sp³-hybridized carbons (Fsp3) is 0.667. The van der Waals surface area contributed by atoms with Gasteiger partial charge >= 0.3 is 0 Å². The Morgan fingerprint density at radius 1 is 1.50 bits per heavy atom. The summed E-state index contributed by atoms with van der Waals surface area (Å²) in [6.07, 6.45) is 1.68. The lowest BCUT2D eigenvalue weighted by Crippen LogP contribution is -2.44. The highest BCUT2D eigenvalue weighted by Gasteiger charge is 2.24. The lowest BCUT2D eigenvalue weighted by molar-refractivity contribution is 0.0981. The highest BCUT2D eigenvalue weighted by Crippen LogP contribution is 2.23. The first kappa shape index (κ1) is 15.2. The molecule has 112 valence electrons. The van der Waals surface area contributed by atoms with Crippen LogP contribution in [-0.2, 0) is 11.3 Å². The molecule has 0 aliphatic carbocycles. The number of aromatic nitrogens is 1. The van der Waals surface area contributed by atoms with Gasteiger partial charge in [0.2, 0.25) is 0 Å². The van der Waals surface area contributed by atoms with Gasteiger partial charge < -0.3 is 15.0 Å². The largest absolute Gasteiger partial charge is 0.377 e. The van der Waals surface area contributed by atoms with Crippen LogP contribution in [0.5, 0.6) is 0 Å². The summed E-state index contributed by atoms with van der Waals surface area (Å²) < 4.78 is 20.0.